The molecular weight excluding hydrogens is 1110 g/mol. The number of aliphatic hydroxyl groups excluding tert-OH is 1. The van der Waals surface area contributed by atoms with E-state index in [0.29, 0.717) is 25.8 Å². The lowest BCUT2D eigenvalue weighted by molar-refractivity contribution is -0.121. The van der Waals surface area contributed by atoms with Crippen LogP contribution in [-0.4, -0.2) is 98.1 Å². The first-order chi connectivity index (χ1) is 37.1. The number of unbranched alkanes of at least 4 members (excludes halogenated alkanes) is 2. The van der Waals surface area contributed by atoms with Crippen LogP contribution in [0.3, 0.4) is 0 Å². The topological polar surface area (TPSA) is 347 Å². The Kier molecular flexibility index (Phi) is 19.3. The van der Waals surface area contributed by atoms with Gasteiger partial charge in [-0.25, -0.2) is 23.1 Å². The van der Waals surface area contributed by atoms with Crippen molar-refractivity contribution in [2.75, 3.05) is 37.7 Å². The maximum atomic E-state index is 12.9. The van der Waals surface area contributed by atoms with Crippen molar-refractivity contribution < 1.29 is 78.4 Å². The van der Waals surface area contributed by atoms with E-state index in [4.69, 9.17) is 18.9 Å². The van der Waals surface area contributed by atoms with E-state index in [9.17, 15) is 55.9 Å². The van der Waals surface area contributed by atoms with Crippen LogP contribution in [0.25, 0.3) is 34.8 Å². The molecular formula is C51H63N5O19P3S+. The molecule has 0 radical (unpaired) electrons. The van der Waals surface area contributed by atoms with Crippen molar-refractivity contribution in [1.82, 2.24) is 19.4 Å². The van der Waals surface area contributed by atoms with E-state index in [0.717, 1.165) is 79.9 Å². The number of carbonyl (C=O) groups excluding carboxylic acids is 1. The quantitative estimate of drug-likeness (QED) is 0.0153. The maximum absolute atomic E-state index is 12.9. The average molecular weight is 1180 g/mol. The summed E-state index contributed by atoms with van der Waals surface area (Å²) in [5.74, 6) is 1.21. The van der Waals surface area contributed by atoms with Crippen molar-refractivity contribution in [1.29, 1.82) is 0 Å². The fourth-order valence-corrected chi connectivity index (χ4v) is 13.0. The van der Waals surface area contributed by atoms with Crippen LogP contribution in [0.15, 0.2) is 116 Å². The van der Waals surface area contributed by atoms with Gasteiger partial charge in [0, 0.05) is 71.7 Å². The number of hydrogen-bond acceptors (Lipinski definition) is 15. The van der Waals surface area contributed by atoms with Gasteiger partial charge in [-0.2, -0.15) is 17.0 Å². The monoisotopic (exact) mass is 1170 g/mol. The lowest BCUT2D eigenvalue weighted by Crippen LogP contribution is -2.33. The summed E-state index contributed by atoms with van der Waals surface area (Å²) < 4.78 is 96.6. The van der Waals surface area contributed by atoms with Crippen LogP contribution < -0.4 is 31.4 Å². The minimum Gasteiger partial charge on any atom is -0.456 e. The molecule has 3 aliphatic heterocycles. The largest absolute Gasteiger partial charge is 0.490 e. The van der Waals surface area contributed by atoms with Gasteiger partial charge in [-0.15, -0.1) is 0 Å². The number of aromatic nitrogens is 2. The number of benzene rings is 3. The number of amides is 1. The Morgan fingerprint density at radius 2 is 1.67 bits per heavy atom. The number of aliphatic hydroxyl groups is 1. The molecule has 5 atom stereocenters. The van der Waals surface area contributed by atoms with Crippen LogP contribution >= 0.6 is 23.5 Å². The number of hydrogen-bond donors (Lipinski definition) is 8. The molecule has 426 valence electrons. The highest BCUT2D eigenvalue weighted by Crippen LogP contribution is 2.66. The molecule has 28 heteroatoms. The predicted octanol–water partition coefficient (Wildman–Crippen LogP) is 6.35. The number of phosphoric ester groups is 1. The highest BCUT2D eigenvalue weighted by atomic mass is 32.2. The molecule has 4 heterocycles. The standard InChI is InChI=1S/C51H62N5O19P3S/c1-6-54(7-2)36-22-24-39-38(33(3)48(73-43(39)28-36)34-16-10-8-11-17-34)19-14-20-45-51(4,5)40-29-37(79(68,69)70)23-25-41(40)55(45)27-13-9-12-21-46(58)52-26-15-18-35-31-56(50(60)53-49(35)59)47-30-42(57)44(72-47)32-71-77(64,65)75-78(66,67)74-76(61,62)63/h8,10-11,14-20,22-25,28-29,31,42,44,47,57H,6-7,9,12-13,21,26-27,30,32H2,1-5H3,(H6-,52,53,58,59,60,61,62,63,64,65,66,67,68,69,70)/p+1/b18-15+/t42-,44+,47+/m0/s1. The molecule has 1 amide bonds. The average Bonchev–Trinajstić information content (AvgIpc) is 3.97. The van der Waals surface area contributed by atoms with Gasteiger partial charge in [0.15, 0.2) is 0 Å². The Balaban J connectivity index is 0.986. The van der Waals surface area contributed by atoms with Crippen LogP contribution in [0.1, 0.15) is 88.3 Å². The molecule has 7 rings (SSSR count). The van der Waals surface area contributed by atoms with Crippen molar-refractivity contribution in [3.05, 3.63) is 145 Å². The molecule has 0 spiro atoms. The fraction of sp³-hybridized carbons (Fsp3) is 0.373. The number of aromatic amines is 1. The number of ether oxygens (including phenoxy) is 1. The highest BCUT2D eigenvalue weighted by Gasteiger charge is 2.44. The van der Waals surface area contributed by atoms with Crippen LogP contribution in [0.2, 0.25) is 0 Å². The maximum Gasteiger partial charge on any atom is 0.490 e. The van der Waals surface area contributed by atoms with E-state index in [-0.39, 0.29) is 35.8 Å². The first-order valence-electron chi connectivity index (χ1n) is 25.0. The summed E-state index contributed by atoms with van der Waals surface area (Å²) in [5.41, 5.74) is 3.73. The van der Waals surface area contributed by atoms with Crippen molar-refractivity contribution in [2.45, 2.75) is 95.5 Å². The first-order valence-corrected chi connectivity index (χ1v) is 31.0. The van der Waals surface area contributed by atoms with Gasteiger partial charge < -0.3 is 44.1 Å². The van der Waals surface area contributed by atoms with Crippen LogP contribution in [0.5, 0.6) is 0 Å². The lowest BCUT2D eigenvalue weighted by Gasteiger charge is -2.27. The minimum atomic E-state index is -5.80. The molecule has 1 fully saturated rings. The number of rotatable bonds is 23. The third-order valence-corrected chi connectivity index (χ3v) is 18.0. The Morgan fingerprint density at radius 1 is 0.949 bits per heavy atom. The van der Waals surface area contributed by atoms with Gasteiger partial charge in [0.2, 0.25) is 11.3 Å². The van der Waals surface area contributed by atoms with Gasteiger partial charge in [-0.05, 0) is 75.1 Å². The summed E-state index contributed by atoms with van der Waals surface area (Å²) in [6, 6.07) is 20.8. The van der Waals surface area contributed by atoms with Gasteiger partial charge >= 0.3 is 29.2 Å². The van der Waals surface area contributed by atoms with E-state index in [2.05, 4.69) is 71.0 Å². The zero-order valence-electron chi connectivity index (χ0n) is 43.7. The van der Waals surface area contributed by atoms with Gasteiger partial charge in [-0.3, -0.25) is 28.2 Å². The molecule has 3 aromatic rings. The number of nitrogens with one attached hydrogen (secondary N) is 2. The second-order valence-corrected chi connectivity index (χ2v) is 25.0. The normalized spacial score (nSPS) is 19.6. The Labute approximate surface area is 454 Å². The zero-order chi connectivity index (χ0) is 57.7. The number of anilines is 1. The third kappa shape index (κ3) is 15.2. The number of nitrogens with zero attached hydrogens (tertiary/aromatic N) is 3. The van der Waals surface area contributed by atoms with Crippen LogP contribution in [0.4, 0.5) is 5.69 Å². The Morgan fingerprint density at radius 3 is 2.35 bits per heavy atom. The molecule has 4 aliphatic rings. The lowest BCUT2D eigenvalue weighted by atomic mass is 9.83. The molecule has 2 aromatic carbocycles. The Bertz CT molecular complexity index is 3600. The second-order valence-electron chi connectivity index (χ2n) is 19.1. The molecule has 79 heavy (non-hydrogen) atoms. The summed E-state index contributed by atoms with van der Waals surface area (Å²) >= 11 is 0. The first kappa shape index (κ1) is 60.9. The molecule has 0 saturated carbocycles. The smallest absolute Gasteiger partial charge is 0.456 e. The Hall–Kier alpha value is -5.72. The van der Waals surface area contributed by atoms with E-state index in [1.165, 1.54) is 24.3 Å². The number of H-pyrrole nitrogens is 1. The second kappa shape index (κ2) is 25.0. The van der Waals surface area contributed by atoms with Gasteiger partial charge in [0.1, 0.15) is 36.9 Å². The predicted molar refractivity (Wildman–Crippen MR) is 292 cm³/mol. The van der Waals surface area contributed by atoms with E-state index in [1.807, 2.05) is 63.3 Å². The zero-order valence-corrected chi connectivity index (χ0v) is 47.2. The van der Waals surface area contributed by atoms with E-state index < -0.39 is 75.3 Å². The molecule has 1 saturated heterocycles. The SMILES string of the molecule is CC[N+](CC)=c1ccc2c(/C=C/C=C3/N(CCCCCC(=O)NC/C=C/c4cn([C@H]5C[C@H](O)[C@@H](COP(=O)(O)OP(=O)(O)OP(=O)(O)O)O5)c(=O)[nH]c4=O)c4ccc(S(=O)(=O)O)cc4C3(C)C)c(C)c(-c3ccccc3)oc-2c1. The van der Waals surface area contributed by atoms with E-state index >= 15 is 0 Å². The number of phosphoric acid groups is 3. The van der Waals surface area contributed by atoms with Gasteiger partial charge in [0.25, 0.3) is 15.7 Å². The molecule has 1 aliphatic carbocycles. The van der Waals surface area contributed by atoms with Crippen molar-refractivity contribution in [3.8, 4) is 22.6 Å². The number of carbonyl (C=O) groups is 1. The van der Waals surface area contributed by atoms with Crippen LogP contribution in [-0.2, 0) is 51.9 Å². The molecule has 8 N–H and O–H groups in total. The third-order valence-electron chi connectivity index (χ3n) is 13.4. The molecule has 1 aromatic heterocycles. The highest BCUT2D eigenvalue weighted by molar-refractivity contribution is 7.85. The van der Waals surface area contributed by atoms with Gasteiger partial charge in [0.05, 0.1) is 29.2 Å². The molecule has 24 nitrogen and oxygen atoms in total. The summed E-state index contributed by atoms with van der Waals surface area (Å²) in [6.07, 6.45) is 7.55. The number of allylic oxidation sites excluding steroid dienone is 3. The van der Waals surface area contributed by atoms with E-state index in [1.54, 1.807) is 6.07 Å². The summed E-state index contributed by atoms with van der Waals surface area (Å²) in [7, 11) is -21.5. The van der Waals surface area contributed by atoms with Crippen molar-refractivity contribution in [2.24, 2.45) is 0 Å². The minimum absolute atomic E-state index is 0.00354. The van der Waals surface area contributed by atoms with Crippen molar-refractivity contribution >= 4 is 57.3 Å². The summed E-state index contributed by atoms with van der Waals surface area (Å²) in [5, 5.41) is 14.3. The fourth-order valence-electron chi connectivity index (χ4n) is 9.51. The molecule has 0 bridgehead atoms. The van der Waals surface area contributed by atoms with Gasteiger partial charge in [-0.1, -0.05) is 74.9 Å². The van der Waals surface area contributed by atoms with Crippen LogP contribution in [0, 0.1) is 6.92 Å². The summed E-state index contributed by atoms with van der Waals surface area (Å²) in [6.45, 7) is 11.5. The molecule has 2 unspecified atom stereocenters. The number of fused-ring (bicyclic) bond motifs is 2. The summed E-state index contributed by atoms with van der Waals surface area (Å²) in [4.78, 5) is 78.9. The van der Waals surface area contributed by atoms with Crippen molar-refractivity contribution in [3.63, 3.8) is 0 Å².